The molecule has 0 saturated carbocycles. The van der Waals surface area contributed by atoms with E-state index >= 15 is 0 Å². The minimum atomic E-state index is -1.08. The third kappa shape index (κ3) is 6.76. The van der Waals surface area contributed by atoms with Gasteiger partial charge in [0.2, 0.25) is 11.8 Å². The van der Waals surface area contributed by atoms with Gasteiger partial charge in [-0.05, 0) is 36.8 Å². The number of amides is 2. The summed E-state index contributed by atoms with van der Waals surface area (Å²) in [6, 6.07) is 16.1. The van der Waals surface area contributed by atoms with Crippen molar-refractivity contribution in [2.45, 2.75) is 65.0 Å². The smallest absolute Gasteiger partial charge is 0.326 e. The summed E-state index contributed by atoms with van der Waals surface area (Å²) in [5, 5.41) is 10.9. The van der Waals surface area contributed by atoms with Gasteiger partial charge in [0, 0.05) is 49.0 Å². The van der Waals surface area contributed by atoms with Gasteiger partial charge in [0.1, 0.15) is 23.6 Å². The summed E-state index contributed by atoms with van der Waals surface area (Å²) >= 11 is 0. The van der Waals surface area contributed by atoms with E-state index in [9.17, 15) is 19.5 Å². The fourth-order valence-corrected chi connectivity index (χ4v) is 6.11. The topological polar surface area (TPSA) is 109 Å². The first-order valence-corrected chi connectivity index (χ1v) is 15.1. The van der Waals surface area contributed by atoms with E-state index in [2.05, 4.69) is 0 Å². The zero-order valence-corrected chi connectivity index (χ0v) is 25.4. The zero-order chi connectivity index (χ0) is 30.7. The molecule has 5 rings (SSSR count). The Balaban J connectivity index is 1.42. The molecular weight excluding hydrogens is 546 g/mol. The number of piperidine rings is 1. The number of fused-ring (bicyclic) bond motifs is 1. The van der Waals surface area contributed by atoms with Crippen molar-refractivity contribution in [3.05, 3.63) is 54.6 Å². The van der Waals surface area contributed by atoms with Crippen LogP contribution in [0.4, 0.5) is 0 Å². The molecule has 0 radical (unpaired) electrons. The number of rotatable bonds is 8. The molecule has 2 fully saturated rings. The van der Waals surface area contributed by atoms with Crippen LogP contribution in [0.3, 0.4) is 0 Å². The fraction of sp³-hybridized carbons (Fsp3) is 0.471. The molecule has 3 heterocycles. The summed E-state index contributed by atoms with van der Waals surface area (Å²) in [4.78, 5) is 47.8. The van der Waals surface area contributed by atoms with Crippen molar-refractivity contribution in [2.75, 3.05) is 26.7 Å². The van der Waals surface area contributed by atoms with Crippen LogP contribution in [-0.2, 0) is 14.4 Å². The molecule has 9 heteroatoms. The van der Waals surface area contributed by atoms with Gasteiger partial charge in [-0.3, -0.25) is 9.59 Å². The lowest BCUT2D eigenvalue weighted by Gasteiger charge is -2.36. The summed E-state index contributed by atoms with van der Waals surface area (Å²) < 4.78 is 11.9. The highest BCUT2D eigenvalue weighted by Gasteiger charge is 2.46. The molecule has 1 N–H and O–H groups in total. The Labute approximate surface area is 252 Å². The van der Waals surface area contributed by atoms with Crippen molar-refractivity contribution >= 4 is 28.7 Å². The molecule has 2 aliphatic rings. The average Bonchev–Trinajstić information content (AvgIpc) is 3.43. The number of nitrogens with zero attached hydrogens (tertiary/aromatic N) is 3. The lowest BCUT2D eigenvalue weighted by Crippen LogP contribution is -2.48. The molecule has 2 amide bonds. The van der Waals surface area contributed by atoms with E-state index < -0.39 is 29.4 Å². The number of carboxylic acids is 1. The predicted molar refractivity (Wildman–Crippen MR) is 164 cm³/mol. The predicted octanol–water partition coefficient (Wildman–Crippen LogP) is 5.41. The quantitative estimate of drug-likeness (QED) is 0.375. The normalized spacial score (nSPS) is 19.7. The fourth-order valence-electron chi connectivity index (χ4n) is 6.11. The van der Waals surface area contributed by atoms with E-state index in [0.717, 1.165) is 30.2 Å². The highest BCUT2D eigenvalue weighted by atomic mass is 16.5. The molecule has 1 unspecified atom stereocenters. The Morgan fingerprint density at radius 1 is 1.02 bits per heavy atom. The molecule has 3 atom stereocenters. The maximum Gasteiger partial charge on any atom is 0.326 e. The Hall–Kier alpha value is -4.14. The number of hydrogen-bond donors (Lipinski definition) is 1. The van der Waals surface area contributed by atoms with E-state index in [1.54, 1.807) is 7.11 Å². The average molecular weight is 588 g/mol. The lowest BCUT2D eigenvalue weighted by molar-refractivity contribution is -0.153. The molecule has 1 aromatic heterocycles. The Kier molecular flexibility index (Phi) is 8.89. The molecule has 0 bridgehead atoms. The molecule has 0 spiro atoms. The van der Waals surface area contributed by atoms with Gasteiger partial charge in [-0.25, -0.2) is 9.78 Å². The molecule has 3 aromatic rings. The first kappa shape index (κ1) is 30.3. The molecule has 2 saturated heterocycles. The number of carbonyl (C=O) groups excluding carboxylic acids is 2. The minimum Gasteiger partial charge on any atom is -0.497 e. The molecule has 0 aliphatic carbocycles. The van der Waals surface area contributed by atoms with Gasteiger partial charge in [0.15, 0.2) is 0 Å². The van der Waals surface area contributed by atoms with E-state index in [0.29, 0.717) is 35.8 Å². The molecule has 2 aliphatic heterocycles. The highest BCUT2D eigenvalue weighted by Crippen LogP contribution is 2.37. The molecule has 2 aromatic carbocycles. The molecule has 9 nitrogen and oxygen atoms in total. The third-order valence-corrected chi connectivity index (χ3v) is 8.60. The second-order valence-electron chi connectivity index (χ2n) is 12.6. The summed E-state index contributed by atoms with van der Waals surface area (Å²) in [5.74, 6) is -0.871. The summed E-state index contributed by atoms with van der Waals surface area (Å²) in [7, 11) is 1.60. The Morgan fingerprint density at radius 2 is 1.74 bits per heavy atom. The van der Waals surface area contributed by atoms with Gasteiger partial charge < -0.3 is 24.4 Å². The monoisotopic (exact) mass is 587 g/mol. The number of methoxy groups -OCH3 is 1. The second-order valence-corrected chi connectivity index (χ2v) is 12.6. The van der Waals surface area contributed by atoms with Gasteiger partial charge in [-0.2, -0.15) is 0 Å². The minimum absolute atomic E-state index is 0.0426. The van der Waals surface area contributed by atoms with Crippen LogP contribution in [0.1, 0.15) is 52.9 Å². The maximum absolute atomic E-state index is 14.1. The van der Waals surface area contributed by atoms with Crippen LogP contribution in [-0.4, -0.2) is 76.6 Å². The maximum atomic E-state index is 14.1. The van der Waals surface area contributed by atoms with Crippen molar-refractivity contribution in [3.63, 3.8) is 0 Å². The molecule has 43 heavy (non-hydrogen) atoms. The van der Waals surface area contributed by atoms with E-state index in [1.807, 2.05) is 80.3 Å². The van der Waals surface area contributed by atoms with Crippen LogP contribution in [0, 0.1) is 11.3 Å². The van der Waals surface area contributed by atoms with Crippen molar-refractivity contribution < 1.29 is 29.0 Å². The van der Waals surface area contributed by atoms with Crippen molar-refractivity contribution in [1.29, 1.82) is 0 Å². The van der Waals surface area contributed by atoms with Gasteiger partial charge in [-0.15, -0.1) is 0 Å². The highest BCUT2D eigenvalue weighted by molar-refractivity contribution is 5.91. The van der Waals surface area contributed by atoms with Crippen molar-refractivity contribution in [1.82, 2.24) is 14.8 Å². The molecular formula is C34H41N3O6. The number of pyridine rings is 1. The largest absolute Gasteiger partial charge is 0.497 e. The number of hydrogen-bond acceptors (Lipinski definition) is 6. The van der Waals surface area contributed by atoms with Crippen molar-refractivity contribution in [2.24, 2.45) is 11.3 Å². The summed E-state index contributed by atoms with van der Waals surface area (Å²) in [6.45, 7) is 7.32. The number of carbonyl (C=O) groups is 3. The number of benzene rings is 2. The van der Waals surface area contributed by atoms with E-state index in [1.165, 1.54) is 4.90 Å². The number of ether oxygens (including phenoxy) is 2. The van der Waals surface area contributed by atoms with Crippen LogP contribution in [0.2, 0.25) is 0 Å². The lowest BCUT2D eigenvalue weighted by atomic mass is 9.77. The van der Waals surface area contributed by atoms with Gasteiger partial charge in [0.05, 0.1) is 30.8 Å². The van der Waals surface area contributed by atoms with Crippen LogP contribution in [0.5, 0.6) is 11.5 Å². The van der Waals surface area contributed by atoms with Crippen LogP contribution >= 0.6 is 0 Å². The Bertz CT molecular complexity index is 1480. The third-order valence-electron chi connectivity index (χ3n) is 8.60. The van der Waals surface area contributed by atoms with Crippen LogP contribution in [0.25, 0.3) is 22.2 Å². The standard InChI is InChI=1S/C34H41N3O6/c1-34(2,3)26(19-31(38)36-15-9-6-10-16-36)32(39)37-21-24(18-29(37)33(40)41)43-30-20-27(22-11-7-5-8-12-22)35-28-17-23(42-4)13-14-25(28)30/h5,7-8,11-14,17,20,24,26,29H,6,9-10,15-16,18-19,21H2,1-4H3,(H,40,41)/t24?,26-,29+/m1/s1. The summed E-state index contributed by atoms with van der Waals surface area (Å²) in [5.41, 5.74) is 1.77. The first-order valence-electron chi connectivity index (χ1n) is 15.1. The van der Waals surface area contributed by atoms with Crippen molar-refractivity contribution in [3.8, 4) is 22.8 Å². The van der Waals surface area contributed by atoms with Gasteiger partial charge >= 0.3 is 5.97 Å². The van der Waals surface area contributed by atoms with Crippen LogP contribution in [0.15, 0.2) is 54.6 Å². The summed E-state index contributed by atoms with van der Waals surface area (Å²) in [6.07, 6.45) is 2.68. The van der Waals surface area contributed by atoms with Crippen LogP contribution < -0.4 is 9.47 Å². The SMILES string of the molecule is COc1ccc2c(OC3C[C@@H](C(=O)O)N(C(=O)[C@@H](CC(=O)N4CCCCC4)C(C)(C)C)C3)cc(-c3ccccc3)nc2c1. The van der Waals surface area contributed by atoms with Gasteiger partial charge in [0.25, 0.3) is 0 Å². The number of aliphatic carboxylic acids is 1. The molecule has 228 valence electrons. The van der Waals surface area contributed by atoms with Gasteiger partial charge in [-0.1, -0.05) is 51.1 Å². The zero-order valence-electron chi connectivity index (χ0n) is 25.4. The number of aromatic nitrogens is 1. The second kappa shape index (κ2) is 12.6. The number of carboxylic acid groups (broad SMARTS) is 1. The first-order chi connectivity index (χ1) is 20.5. The van der Waals surface area contributed by atoms with E-state index in [-0.39, 0.29) is 31.2 Å². The number of likely N-dealkylation sites (tertiary alicyclic amines) is 2. The van der Waals surface area contributed by atoms with E-state index in [4.69, 9.17) is 14.5 Å². The Morgan fingerprint density at radius 3 is 2.40 bits per heavy atom.